The fraction of sp³-hybridized carbons (Fsp3) is 0.176. The summed E-state index contributed by atoms with van der Waals surface area (Å²) in [5, 5.41) is 19.7. The molecule has 0 saturated heterocycles. The molecule has 0 bridgehead atoms. The number of hydrogen-bond acceptors (Lipinski definition) is 4. The van der Waals surface area contributed by atoms with Gasteiger partial charge in [0, 0.05) is 10.1 Å². The van der Waals surface area contributed by atoms with E-state index in [1.165, 1.54) is 6.07 Å². The second-order valence-corrected chi connectivity index (χ2v) is 5.95. The summed E-state index contributed by atoms with van der Waals surface area (Å²) in [7, 11) is 0. The van der Waals surface area contributed by atoms with E-state index in [0.717, 1.165) is 21.6 Å². The molecule has 5 heteroatoms. The second-order valence-electron chi connectivity index (χ2n) is 4.92. The van der Waals surface area contributed by atoms with Crippen molar-refractivity contribution >= 4 is 21.4 Å². The Kier molecular flexibility index (Phi) is 4.38. The van der Waals surface area contributed by atoms with E-state index in [1.807, 2.05) is 36.4 Å². The molecule has 1 heterocycles. The summed E-state index contributed by atoms with van der Waals surface area (Å²) < 4.78 is 20.1. The summed E-state index contributed by atoms with van der Waals surface area (Å²) in [6.45, 7) is -0.423. The van der Waals surface area contributed by atoms with Crippen LogP contribution in [-0.4, -0.2) is 22.9 Å². The van der Waals surface area contributed by atoms with Crippen molar-refractivity contribution in [2.45, 2.75) is 12.2 Å². The first-order chi connectivity index (χ1) is 10.7. The minimum absolute atomic E-state index is 0.287. The quantitative estimate of drug-likeness (QED) is 0.757. The molecule has 3 aromatic rings. The summed E-state index contributed by atoms with van der Waals surface area (Å²) in [6.07, 6.45) is -1.79. The summed E-state index contributed by atoms with van der Waals surface area (Å²) in [4.78, 5) is 0. The van der Waals surface area contributed by atoms with Crippen molar-refractivity contribution in [3.8, 4) is 5.75 Å². The number of fused-ring (bicyclic) bond motifs is 1. The smallest absolute Gasteiger partial charge is 0.177 e. The van der Waals surface area contributed by atoms with E-state index in [0.29, 0.717) is 11.1 Å². The molecule has 2 atom stereocenters. The molecule has 114 valence electrons. The lowest BCUT2D eigenvalue weighted by molar-refractivity contribution is -0.00123. The molecule has 3 rings (SSSR count). The van der Waals surface area contributed by atoms with Crippen molar-refractivity contribution < 1.29 is 19.3 Å². The van der Waals surface area contributed by atoms with Crippen LogP contribution in [0.4, 0.5) is 4.39 Å². The van der Waals surface area contributed by atoms with Gasteiger partial charge >= 0.3 is 0 Å². The van der Waals surface area contributed by atoms with Gasteiger partial charge in [-0.05, 0) is 23.8 Å². The summed E-state index contributed by atoms with van der Waals surface area (Å²) in [6, 6.07) is 15.9. The van der Waals surface area contributed by atoms with Crippen LogP contribution in [0.1, 0.15) is 11.7 Å². The molecule has 2 N–H and O–H groups in total. The van der Waals surface area contributed by atoms with Gasteiger partial charge in [-0.2, -0.15) is 4.39 Å². The molecule has 2 unspecified atom stereocenters. The predicted octanol–water partition coefficient (Wildman–Crippen LogP) is 3.51. The van der Waals surface area contributed by atoms with Gasteiger partial charge in [-0.3, -0.25) is 0 Å². The third-order valence-corrected chi connectivity index (χ3v) is 4.30. The molecular weight excluding hydrogens is 303 g/mol. The lowest BCUT2D eigenvalue weighted by atomic mass is 10.0. The molecule has 0 radical (unpaired) electrons. The number of halogens is 1. The minimum atomic E-state index is -1.07. The summed E-state index contributed by atoms with van der Waals surface area (Å²) in [5.41, 5.74) is 0.747. The Bertz CT molecular complexity index is 757. The van der Waals surface area contributed by atoms with Gasteiger partial charge in [-0.15, -0.1) is 11.3 Å². The highest BCUT2D eigenvalue weighted by Gasteiger charge is 2.23. The van der Waals surface area contributed by atoms with E-state index < -0.39 is 18.8 Å². The van der Waals surface area contributed by atoms with Crippen LogP contribution in [0.15, 0.2) is 54.6 Å². The minimum Gasteiger partial charge on any atom is -0.482 e. The largest absolute Gasteiger partial charge is 0.482 e. The first-order valence-electron chi connectivity index (χ1n) is 6.87. The fourth-order valence-electron chi connectivity index (χ4n) is 2.35. The standard InChI is InChI=1S/C17H15FO3S/c18-16-9-12-14(7-4-8-15(12)22-16)21-17(13(20)10-19)11-5-2-1-3-6-11/h1-9,13,17,19-20H,10H2. The molecule has 2 aromatic carbocycles. The zero-order chi connectivity index (χ0) is 15.5. The Hall–Kier alpha value is -1.95. The van der Waals surface area contributed by atoms with E-state index >= 15 is 0 Å². The Morgan fingerprint density at radius 3 is 2.59 bits per heavy atom. The highest BCUT2D eigenvalue weighted by Crippen LogP contribution is 2.35. The van der Waals surface area contributed by atoms with E-state index in [9.17, 15) is 14.6 Å². The molecular formula is C17H15FO3S. The number of ether oxygens (including phenoxy) is 1. The van der Waals surface area contributed by atoms with Gasteiger partial charge in [-0.1, -0.05) is 36.4 Å². The zero-order valence-electron chi connectivity index (χ0n) is 11.6. The van der Waals surface area contributed by atoms with Crippen LogP contribution >= 0.6 is 11.3 Å². The van der Waals surface area contributed by atoms with Crippen molar-refractivity contribution in [1.82, 2.24) is 0 Å². The van der Waals surface area contributed by atoms with Crippen LogP contribution < -0.4 is 4.74 Å². The summed E-state index contributed by atoms with van der Waals surface area (Å²) in [5.74, 6) is 0.485. The molecule has 0 aliphatic carbocycles. The average Bonchev–Trinajstić information content (AvgIpc) is 2.93. The maximum Gasteiger partial charge on any atom is 0.177 e. The Morgan fingerprint density at radius 2 is 1.86 bits per heavy atom. The number of aliphatic hydroxyl groups is 2. The van der Waals surface area contributed by atoms with Crippen molar-refractivity contribution in [3.63, 3.8) is 0 Å². The van der Waals surface area contributed by atoms with Crippen LogP contribution in [0.5, 0.6) is 5.75 Å². The third kappa shape index (κ3) is 2.97. The van der Waals surface area contributed by atoms with E-state index in [1.54, 1.807) is 12.1 Å². The third-order valence-electron chi connectivity index (χ3n) is 3.41. The van der Waals surface area contributed by atoms with Crippen LogP contribution in [-0.2, 0) is 0 Å². The van der Waals surface area contributed by atoms with Crippen LogP contribution in [0.2, 0.25) is 0 Å². The van der Waals surface area contributed by atoms with Gasteiger partial charge in [0.1, 0.15) is 11.9 Å². The normalized spacial score (nSPS) is 14.0. The molecule has 1 aromatic heterocycles. The van der Waals surface area contributed by atoms with Gasteiger partial charge in [0.15, 0.2) is 11.2 Å². The van der Waals surface area contributed by atoms with Crippen LogP contribution in [0.25, 0.3) is 10.1 Å². The molecule has 3 nitrogen and oxygen atoms in total. The number of hydrogen-bond donors (Lipinski definition) is 2. The second kappa shape index (κ2) is 6.44. The average molecular weight is 318 g/mol. The van der Waals surface area contributed by atoms with Crippen molar-refractivity contribution in [1.29, 1.82) is 0 Å². The van der Waals surface area contributed by atoms with Crippen molar-refractivity contribution in [2.75, 3.05) is 6.61 Å². The monoisotopic (exact) mass is 318 g/mol. The highest BCUT2D eigenvalue weighted by atomic mass is 32.1. The maximum atomic E-state index is 13.5. The highest BCUT2D eigenvalue weighted by molar-refractivity contribution is 7.17. The zero-order valence-corrected chi connectivity index (χ0v) is 12.5. The molecule has 0 saturated carbocycles. The van der Waals surface area contributed by atoms with Gasteiger partial charge in [-0.25, -0.2) is 0 Å². The summed E-state index contributed by atoms with van der Waals surface area (Å²) >= 11 is 1.04. The van der Waals surface area contributed by atoms with E-state index in [2.05, 4.69) is 0 Å². The van der Waals surface area contributed by atoms with Gasteiger partial charge < -0.3 is 14.9 Å². The number of aliphatic hydroxyl groups excluding tert-OH is 2. The van der Waals surface area contributed by atoms with E-state index in [-0.39, 0.29) is 5.13 Å². The van der Waals surface area contributed by atoms with Crippen molar-refractivity contribution in [2.24, 2.45) is 0 Å². The first kappa shape index (κ1) is 15.0. The lowest BCUT2D eigenvalue weighted by Crippen LogP contribution is -2.27. The van der Waals surface area contributed by atoms with Crippen LogP contribution in [0, 0.1) is 5.13 Å². The predicted molar refractivity (Wildman–Crippen MR) is 84.7 cm³/mol. The molecule has 0 fully saturated rings. The Morgan fingerprint density at radius 1 is 1.09 bits per heavy atom. The van der Waals surface area contributed by atoms with Crippen LogP contribution in [0.3, 0.4) is 0 Å². The molecule has 0 aliphatic heterocycles. The topological polar surface area (TPSA) is 49.7 Å². The van der Waals surface area contributed by atoms with Gasteiger partial charge in [0.2, 0.25) is 0 Å². The first-order valence-corrected chi connectivity index (χ1v) is 7.69. The maximum absolute atomic E-state index is 13.5. The molecule has 0 spiro atoms. The van der Waals surface area contributed by atoms with Gasteiger partial charge in [0.05, 0.1) is 6.61 Å². The molecule has 0 amide bonds. The number of benzene rings is 2. The number of thiophene rings is 1. The van der Waals surface area contributed by atoms with E-state index in [4.69, 9.17) is 4.74 Å². The lowest BCUT2D eigenvalue weighted by Gasteiger charge is -2.23. The molecule has 0 aliphatic rings. The van der Waals surface area contributed by atoms with Crippen molar-refractivity contribution in [3.05, 3.63) is 65.3 Å². The Labute approximate surface area is 131 Å². The molecule has 22 heavy (non-hydrogen) atoms. The Balaban J connectivity index is 1.99. The van der Waals surface area contributed by atoms with Gasteiger partial charge in [0.25, 0.3) is 0 Å². The number of rotatable bonds is 5. The fourth-order valence-corrected chi connectivity index (χ4v) is 3.15. The SMILES string of the molecule is OCC(O)C(Oc1cccc2sc(F)cc12)c1ccccc1.